The Morgan fingerprint density at radius 1 is 1.56 bits per heavy atom. The average Bonchev–Trinajstić information content (AvgIpc) is 3.05. The van der Waals surface area contributed by atoms with E-state index >= 15 is 0 Å². The molecule has 0 aromatic heterocycles. The van der Waals surface area contributed by atoms with Gasteiger partial charge in [0.15, 0.2) is 0 Å². The van der Waals surface area contributed by atoms with Gasteiger partial charge >= 0.3 is 0 Å². The van der Waals surface area contributed by atoms with Crippen LogP contribution in [0.25, 0.3) is 5.57 Å². The smallest absolute Gasteiger partial charge is 0.133 e. The van der Waals surface area contributed by atoms with Crippen LogP contribution in [0.2, 0.25) is 5.02 Å². The zero-order valence-corrected chi connectivity index (χ0v) is 9.47. The third-order valence-corrected chi connectivity index (χ3v) is 2.93. The molecule has 0 unspecified atom stereocenters. The summed E-state index contributed by atoms with van der Waals surface area (Å²) in [5, 5.41) is 9.34. The summed E-state index contributed by atoms with van der Waals surface area (Å²) < 4.78 is 13.6. The van der Waals surface area contributed by atoms with Gasteiger partial charge in [0.2, 0.25) is 0 Å². The Bertz CT molecular complexity index is 469. The van der Waals surface area contributed by atoms with Gasteiger partial charge in [0.05, 0.1) is 11.6 Å². The van der Waals surface area contributed by atoms with E-state index in [0.29, 0.717) is 22.1 Å². The number of rotatable bonds is 3. The van der Waals surface area contributed by atoms with E-state index in [-0.39, 0.29) is 0 Å². The van der Waals surface area contributed by atoms with Crippen LogP contribution >= 0.6 is 11.6 Å². The highest BCUT2D eigenvalue weighted by molar-refractivity contribution is 6.30. The summed E-state index contributed by atoms with van der Waals surface area (Å²) in [6.45, 7) is 0. The predicted octanol–water partition coefficient (Wildman–Crippen LogP) is 4.19. The van der Waals surface area contributed by atoms with Crippen molar-refractivity contribution in [1.82, 2.24) is 0 Å². The quantitative estimate of drug-likeness (QED) is 0.721. The molecule has 0 atom stereocenters. The van der Waals surface area contributed by atoms with Crippen molar-refractivity contribution in [3.05, 3.63) is 40.7 Å². The number of hydrogen-bond donors (Lipinski definition) is 0. The SMILES string of the molecule is N#CC(=CCC1CC1)c1ccc(Cl)cc1F. The lowest BCUT2D eigenvalue weighted by Crippen LogP contribution is -1.88. The fraction of sp³-hybridized carbons (Fsp3) is 0.308. The molecule has 1 aromatic rings. The zero-order valence-electron chi connectivity index (χ0n) is 8.71. The summed E-state index contributed by atoms with van der Waals surface area (Å²) in [6, 6.07) is 6.43. The maximum absolute atomic E-state index is 13.6. The molecule has 0 amide bonds. The molecule has 0 bridgehead atoms. The van der Waals surface area contributed by atoms with Gasteiger partial charge in [0.25, 0.3) is 0 Å². The van der Waals surface area contributed by atoms with E-state index in [0.717, 1.165) is 6.42 Å². The van der Waals surface area contributed by atoms with Gasteiger partial charge in [0, 0.05) is 10.6 Å². The van der Waals surface area contributed by atoms with Gasteiger partial charge in [-0.25, -0.2) is 4.39 Å². The van der Waals surface area contributed by atoms with Gasteiger partial charge in [-0.2, -0.15) is 5.26 Å². The number of hydrogen-bond acceptors (Lipinski definition) is 1. The highest BCUT2D eigenvalue weighted by Gasteiger charge is 2.20. The first-order valence-corrected chi connectivity index (χ1v) is 5.64. The molecule has 0 heterocycles. The average molecular weight is 236 g/mol. The summed E-state index contributed by atoms with van der Waals surface area (Å²) in [5.74, 6) is 0.259. The minimum absolute atomic E-state index is 0.340. The van der Waals surface area contributed by atoms with Gasteiger partial charge in [-0.05, 0) is 43.4 Å². The number of nitriles is 1. The van der Waals surface area contributed by atoms with Gasteiger partial charge < -0.3 is 0 Å². The second-order valence-corrected chi connectivity index (χ2v) is 4.47. The topological polar surface area (TPSA) is 23.8 Å². The van der Waals surface area contributed by atoms with Crippen LogP contribution in [0.15, 0.2) is 24.3 Å². The van der Waals surface area contributed by atoms with Crippen LogP contribution < -0.4 is 0 Å². The van der Waals surface area contributed by atoms with Crippen molar-refractivity contribution >= 4 is 17.2 Å². The zero-order chi connectivity index (χ0) is 11.5. The molecule has 0 radical (unpaired) electrons. The second kappa shape index (κ2) is 4.67. The lowest BCUT2D eigenvalue weighted by atomic mass is 10.0. The molecular weight excluding hydrogens is 225 g/mol. The Hall–Kier alpha value is -1.33. The highest BCUT2D eigenvalue weighted by Crippen LogP contribution is 2.34. The largest absolute Gasteiger partial charge is 0.206 e. The normalized spacial score (nSPS) is 15.9. The van der Waals surface area contributed by atoms with Crippen molar-refractivity contribution in [1.29, 1.82) is 5.26 Å². The Labute approximate surface area is 99.2 Å². The molecular formula is C13H11ClFN. The van der Waals surface area contributed by atoms with Crippen LogP contribution in [0.1, 0.15) is 24.8 Å². The Kier molecular flexibility index (Phi) is 3.26. The molecule has 1 nitrogen and oxygen atoms in total. The van der Waals surface area contributed by atoms with Gasteiger partial charge in [-0.3, -0.25) is 0 Å². The standard InChI is InChI=1S/C13H11ClFN/c14-11-5-6-12(13(15)7-11)10(8-16)4-3-9-1-2-9/h4-7,9H,1-3H2. The third kappa shape index (κ3) is 2.62. The summed E-state index contributed by atoms with van der Waals surface area (Å²) in [4.78, 5) is 0. The summed E-state index contributed by atoms with van der Waals surface area (Å²) >= 11 is 5.66. The van der Waals surface area contributed by atoms with Gasteiger partial charge in [-0.15, -0.1) is 0 Å². The van der Waals surface area contributed by atoms with Crippen molar-refractivity contribution in [2.45, 2.75) is 19.3 Å². The summed E-state index contributed by atoms with van der Waals surface area (Å²) in [5.41, 5.74) is 0.744. The van der Waals surface area contributed by atoms with E-state index in [4.69, 9.17) is 16.9 Å². The molecule has 0 spiro atoms. The molecule has 0 N–H and O–H groups in total. The second-order valence-electron chi connectivity index (χ2n) is 4.03. The summed E-state index contributed by atoms with van der Waals surface area (Å²) in [6.07, 6.45) is 5.13. The van der Waals surface area contributed by atoms with Crippen LogP contribution in [0, 0.1) is 23.1 Å². The van der Waals surface area contributed by atoms with Crippen molar-refractivity contribution < 1.29 is 4.39 Å². The van der Waals surface area contributed by atoms with Crippen LogP contribution in [-0.4, -0.2) is 0 Å². The fourth-order valence-corrected chi connectivity index (χ4v) is 1.72. The number of nitrogens with zero attached hydrogens (tertiary/aromatic N) is 1. The van der Waals surface area contributed by atoms with E-state index in [1.165, 1.54) is 18.9 Å². The fourth-order valence-electron chi connectivity index (χ4n) is 1.56. The molecule has 1 aromatic carbocycles. The molecule has 0 saturated heterocycles. The van der Waals surface area contributed by atoms with Crippen LogP contribution in [0.4, 0.5) is 4.39 Å². The highest BCUT2D eigenvalue weighted by atomic mass is 35.5. The van der Waals surface area contributed by atoms with Crippen molar-refractivity contribution in [2.75, 3.05) is 0 Å². The first-order chi connectivity index (χ1) is 7.70. The maximum Gasteiger partial charge on any atom is 0.133 e. The number of halogens is 2. The van der Waals surface area contributed by atoms with Gasteiger partial charge in [0.1, 0.15) is 5.82 Å². The van der Waals surface area contributed by atoms with E-state index in [2.05, 4.69) is 0 Å². The molecule has 82 valence electrons. The first-order valence-electron chi connectivity index (χ1n) is 5.26. The lowest BCUT2D eigenvalue weighted by Gasteiger charge is -2.01. The van der Waals surface area contributed by atoms with Crippen molar-refractivity contribution in [2.24, 2.45) is 5.92 Å². The van der Waals surface area contributed by atoms with Gasteiger partial charge in [-0.1, -0.05) is 17.7 Å². The molecule has 16 heavy (non-hydrogen) atoms. The number of allylic oxidation sites excluding steroid dienone is 2. The maximum atomic E-state index is 13.6. The minimum atomic E-state index is -0.434. The molecule has 0 aliphatic heterocycles. The molecule has 2 rings (SSSR count). The third-order valence-electron chi connectivity index (χ3n) is 2.69. The first kappa shape index (κ1) is 11.2. The molecule has 1 aliphatic rings. The van der Waals surface area contributed by atoms with Crippen LogP contribution in [0.5, 0.6) is 0 Å². The Morgan fingerprint density at radius 2 is 2.31 bits per heavy atom. The Morgan fingerprint density at radius 3 is 2.88 bits per heavy atom. The van der Waals surface area contributed by atoms with Crippen LogP contribution in [0.3, 0.4) is 0 Å². The van der Waals surface area contributed by atoms with E-state index < -0.39 is 5.82 Å². The lowest BCUT2D eigenvalue weighted by molar-refractivity contribution is 0.624. The summed E-state index contributed by atoms with van der Waals surface area (Å²) in [7, 11) is 0. The van der Waals surface area contributed by atoms with E-state index in [1.54, 1.807) is 12.1 Å². The van der Waals surface area contributed by atoms with Crippen molar-refractivity contribution in [3.8, 4) is 6.07 Å². The van der Waals surface area contributed by atoms with Crippen molar-refractivity contribution in [3.63, 3.8) is 0 Å². The minimum Gasteiger partial charge on any atom is -0.206 e. The number of benzene rings is 1. The van der Waals surface area contributed by atoms with E-state index in [1.807, 2.05) is 12.1 Å². The molecule has 1 aliphatic carbocycles. The van der Waals surface area contributed by atoms with E-state index in [9.17, 15) is 4.39 Å². The molecule has 1 saturated carbocycles. The monoisotopic (exact) mass is 235 g/mol. The molecule has 1 fully saturated rings. The van der Waals surface area contributed by atoms with Crippen LogP contribution in [-0.2, 0) is 0 Å². The molecule has 3 heteroatoms. The Balaban J connectivity index is 2.25. The predicted molar refractivity (Wildman–Crippen MR) is 62.3 cm³/mol.